The Morgan fingerprint density at radius 3 is 2.62 bits per heavy atom. The van der Waals surface area contributed by atoms with Crippen molar-refractivity contribution in [2.45, 2.75) is 25.8 Å². The van der Waals surface area contributed by atoms with Gasteiger partial charge < -0.3 is 15.0 Å². The number of para-hydroxylation sites is 1. The first-order valence-electron chi connectivity index (χ1n) is 10.4. The van der Waals surface area contributed by atoms with Crippen LogP contribution in [0.4, 0.5) is 10.1 Å². The van der Waals surface area contributed by atoms with Gasteiger partial charge in [-0.2, -0.15) is 0 Å². The zero-order valence-electron chi connectivity index (χ0n) is 17.6. The lowest BCUT2D eigenvalue weighted by Crippen LogP contribution is -2.35. The van der Waals surface area contributed by atoms with Crippen LogP contribution < -0.4 is 10.1 Å². The fraction of sp³-hybridized carbons (Fsp3) is 0.250. The number of carbonyl (C=O) groups is 2. The number of amides is 2. The molecule has 3 aromatic rings. The van der Waals surface area contributed by atoms with Gasteiger partial charge in [-0.15, -0.1) is 0 Å². The highest BCUT2D eigenvalue weighted by atomic mass is 19.1. The van der Waals surface area contributed by atoms with Crippen molar-refractivity contribution in [3.05, 3.63) is 83.7 Å². The molecule has 8 heteroatoms. The van der Waals surface area contributed by atoms with Crippen LogP contribution in [0.3, 0.4) is 0 Å². The summed E-state index contributed by atoms with van der Waals surface area (Å²) in [6.07, 6.45) is 3.06. The Morgan fingerprint density at radius 2 is 1.91 bits per heavy atom. The van der Waals surface area contributed by atoms with Crippen molar-refractivity contribution in [1.82, 2.24) is 14.9 Å². The van der Waals surface area contributed by atoms with Gasteiger partial charge in [0.2, 0.25) is 0 Å². The lowest BCUT2D eigenvalue weighted by atomic mass is 10.1. The summed E-state index contributed by atoms with van der Waals surface area (Å²) >= 11 is 0. The van der Waals surface area contributed by atoms with E-state index in [9.17, 15) is 14.0 Å². The van der Waals surface area contributed by atoms with E-state index in [0.29, 0.717) is 35.1 Å². The van der Waals surface area contributed by atoms with Gasteiger partial charge in [-0.1, -0.05) is 18.2 Å². The minimum Gasteiger partial charge on any atom is -0.484 e. The average molecular weight is 434 g/mol. The molecule has 2 aromatic carbocycles. The molecule has 2 heterocycles. The minimum absolute atomic E-state index is 0.0579. The van der Waals surface area contributed by atoms with Crippen molar-refractivity contribution in [3.8, 4) is 5.75 Å². The van der Waals surface area contributed by atoms with Gasteiger partial charge in [-0.25, -0.2) is 14.4 Å². The lowest BCUT2D eigenvalue weighted by Gasteiger charge is -2.24. The number of rotatable bonds is 6. The fourth-order valence-electron chi connectivity index (χ4n) is 3.68. The maximum absolute atomic E-state index is 13.1. The SMILES string of the molecule is Cc1nc([C@@H]2CCCN2C(=O)COc2ccccc2)ncc1C(=O)Nc1ccc(F)cc1. The van der Waals surface area contributed by atoms with Crippen molar-refractivity contribution in [2.75, 3.05) is 18.5 Å². The van der Waals surface area contributed by atoms with Crippen molar-refractivity contribution in [2.24, 2.45) is 0 Å². The quantitative estimate of drug-likeness (QED) is 0.636. The largest absolute Gasteiger partial charge is 0.484 e. The van der Waals surface area contributed by atoms with E-state index in [1.54, 1.807) is 24.0 Å². The molecule has 164 valence electrons. The number of ether oxygens (including phenoxy) is 1. The molecule has 32 heavy (non-hydrogen) atoms. The Kier molecular flexibility index (Phi) is 6.39. The van der Waals surface area contributed by atoms with Crippen LogP contribution in [0.5, 0.6) is 5.75 Å². The number of halogens is 1. The number of benzene rings is 2. The number of likely N-dealkylation sites (tertiary alicyclic amines) is 1. The molecule has 0 unspecified atom stereocenters. The third-order valence-electron chi connectivity index (χ3n) is 5.32. The molecule has 0 radical (unpaired) electrons. The molecular weight excluding hydrogens is 411 g/mol. The number of anilines is 1. The number of carbonyl (C=O) groups excluding carboxylic acids is 2. The van der Waals surface area contributed by atoms with Crippen LogP contribution in [0.15, 0.2) is 60.8 Å². The molecule has 1 atom stereocenters. The second-order valence-electron chi connectivity index (χ2n) is 7.54. The van der Waals surface area contributed by atoms with Crippen molar-refractivity contribution in [3.63, 3.8) is 0 Å². The van der Waals surface area contributed by atoms with E-state index in [2.05, 4.69) is 15.3 Å². The molecule has 0 bridgehead atoms. The molecule has 7 nitrogen and oxygen atoms in total. The first kappa shape index (κ1) is 21.4. The maximum atomic E-state index is 13.1. The van der Waals surface area contributed by atoms with Gasteiger partial charge in [-0.05, 0) is 56.2 Å². The second-order valence-corrected chi connectivity index (χ2v) is 7.54. The van der Waals surface area contributed by atoms with Crippen LogP contribution in [0, 0.1) is 12.7 Å². The van der Waals surface area contributed by atoms with Crippen LogP contribution >= 0.6 is 0 Å². The fourth-order valence-corrected chi connectivity index (χ4v) is 3.68. The van der Waals surface area contributed by atoms with E-state index in [0.717, 1.165) is 12.8 Å². The number of aromatic nitrogens is 2. The molecule has 0 spiro atoms. The highest BCUT2D eigenvalue weighted by molar-refractivity contribution is 6.04. The molecule has 1 fully saturated rings. The van der Waals surface area contributed by atoms with E-state index in [-0.39, 0.29) is 30.3 Å². The smallest absolute Gasteiger partial charge is 0.261 e. The topological polar surface area (TPSA) is 84.4 Å². The molecule has 1 aliphatic heterocycles. The minimum atomic E-state index is -0.378. The number of hydrogen-bond acceptors (Lipinski definition) is 5. The van der Waals surface area contributed by atoms with Gasteiger partial charge in [0, 0.05) is 18.4 Å². The van der Waals surface area contributed by atoms with Gasteiger partial charge in [0.15, 0.2) is 12.4 Å². The highest BCUT2D eigenvalue weighted by Gasteiger charge is 2.32. The number of nitrogens with one attached hydrogen (secondary N) is 1. The van der Waals surface area contributed by atoms with E-state index in [4.69, 9.17) is 4.74 Å². The third kappa shape index (κ3) is 4.91. The van der Waals surface area contributed by atoms with Crippen molar-refractivity contribution in [1.29, 1.82) is 0 Å². The molecule has 1 aromatic heterocycles. The number of aryl methyl sites for hydroxylation is 1. The van der Waals surface area contributed by atoms with Gasteiger partial charge in [0.25, 0.3) is 11.8 Å². The molecule has 4 rings (SSSR count). The first-order chi connectivity index (χ1) is 15.5. The predicted octanol–water partition coefficient (Wildman–Crippen LogP) is 3.92. The van der Waals surface area contributed by atoms with Crippen LogP contribution in [-0.4, -0.2) is 39.8 Å². The molecule has 1 saturated heterocycles. The van der Waals surface area contributed by atoms with E-state index in [1.165, 1.54) is 30.5 Å². The van der Waals surface area contributed by atoms with Crippen molar-refractivity contribution >= 4 is 17.5 Å². The van der Waals surface area contributed by atoms with Crippen LogP contribution in [-0.2, 0) is 4.79 Å². The van der Waals surface area contributed by atoms with E-state index in [1.807, 2.05) is 18.2 Å². The summed E-state index contributed by atoms with van der Waals surface area (Å²) in [4.78, 5) is 36.0. The molecular formula is C24H23FN4O3. The van der Waals surface area contributed by atoms with Gasteiger partial charge in [0.1, 0.15) is 11.6 Å². The zero-order chi connectivity index (χ0) is 22.5. The summed E-state index contributed by atoms with van der Waals surface area (Å²) in [5.74, 6) is 0.260. The summed E-state index contributed by atoms with van der Waals surface area (Å²) in [5.41, 5.74) is 1.31. The zero-order valence-corrected chi connectivity index (χ0v) is 17.6. The number of hydrogen-bond donors (Lipinski definition) is 1. The Hall–Kier alpha value is -3.81. The van der Waals surface area contributed by atoms with Gasteiger partial charge >= 0.3 is 0 Å². The maximum Gasteiger partial charge on any atom is 0.261 e. The number of nitrogens with zero attached hydrogens (tertiary/aromatic N) is 3. The predicted molar refractivity (Wildman–Crippen MR) is 117 cm³/mol. The molecule has 1 N–H and O–H groups in total. The molecule has 1 aliphatic rings. The Labute approximate surface area is 185 Å². The summed E-state index contributed by atoms with van der Waals surface area (Å²) < 4.78 is 18.7. The summed E-state index contributed by atoms with van der Waals surface area (Å²) in [5, 5.41) is 2.71. The van der Waals surface area contributed by atoms with Crippen LogP contribution in [0.25, 0.3) is 0 Å². The molecule has 2 amide bonds. The Bertz CT molecular complexity index is 1110. The summed E-state index contributed by atoms with van der Waals surface area (Å²) in [6.45, 7) is 2.28. The van der Waals surface area contributed by atoms with Gasteiger partial charge in [0.05, 0.1) is 17.3 Å². The lowest BCUT2D eigenvalue weighted by molar-refractivity contribution is -0.134. The normalized spacial score (nSPS) is 15.4. The highest BCUT2D eigenvalue weighted by Crippen LogP contribution is 2.30. The van der Waals surface area contributed by atoms with Gasteiger partial charge in [-0.3, -0.25) is 9.59 Å². The molecule has 0 saturated carbocycles. The van der Waals surface area contributed by atoms with E-state index < -0.39 is 0 Å². The first-order valence-corrected chi connectivity index (χ1v) is 10.4. The monoisotopic (exact) mass is 434 g/mol. The molecule has 0 aliphatic carbocycles. The van der Waals surface area contributed by atoms with Crippen LogP contribution in [0.2, 0.25) is 0 Å². The standard InChI is InChI=1S/C24H23FN4O3/c1-16-20(24(31)28-18-11-9-17(25)10-12-18)14-26-23(27-16)21-8-5-13-29(21)22(30)15-32-19-6-3-2-4-7-19/h2-4,6-7,9-12,14,21H,5,8,13,15H2,1H3,(H,28,31)/t21-/m0/s1. The van der Waals surface area contributed by atoms with E-state index >= 15 is 0 Å². The summed E-state index contributed by atoms with van der Waals surface area (Å²) in [6, 6.07) is 14.4. The summed E-state index contributed by atoms with van der Waals surface area (Å²) in [7, 11) is 0. The van der Waals surface area contributed by atoms with Crippen LogP contribution in [0.1, 0.15) is 40.8 Å². The Balaban J connectivity index is 1.43. The Morgan fingerprint density at radius 1 is 1.16 bits per heavy atom. The van der Waals surface area contributed by atoms with Crippen molar-refractivity contribution < 1.29 is 18.7 Å². The second kappa shape index (κ2) is 9.55. The average Bonchev–Trinajstić information content (AvgIpc) is 3.30. The third-order valence-corrected chi connectivity index (χ3v) is 5.32.